The van der Waals surface area contributed by atoms with Crippen LogP contribution in [0.2, 0.25) is 5.02 Å². The van der Waals surface area contributed by atoms with Crippen LogP contribution >= 0.6 is 11.6 Å². The lowest BCUT2D eigenvalue weighted by atomic mass is 10.1. The van der Waals surface area contributed by atoms with Crippen molar-refractivity contribution in [2.75, 3.05) is 0 Å². The van der Waals surface area contributed by atoms with E-state index in [4.69, 9.17) is 21.8 Å². The molecule has 0 aliphatic carbocycles. The first-order valence-corrected chi connectivity index (χ1v) is 9.57. The van der Waals surface area contributed by atoms with Gasteiger partial charge in [0, 0.05) is 5.02 Å². The average Bonchev–Trinajstić information content (AvgIpc) is 3.06. The lowest BCUT2D eigenvalue weighted by molar-refractivity contribution is 0.372. The van der Waals surface area contributed by atoms with E-state index < -0.39 is 21.1 Å². The highest BCUT2D eigenvalue weighted by molar-refractivity contribution is 7.90. The maximum atomic E-state index is 12.4. The molecule has 0 amide bonds. The predicted octanol–water partition coefficient (Wildman–Crippen LogP) is 2.94. The topological polar surface area (TPSA) is 99.1 Å². The lowest BCUT2D eigenvalue weighted by Crippen LogP contribution is -2.13. The van der Waals surface area contributed by atoms with Crippen LogP contribution in [0, 0.1) is 0 Å². The number of benzene rings is 2. The summed E-state index contributed by atoms with van der Waals surface area (Å²) < 4.78 is 30.2. The Balaban J connectivity index is 1.75. The van der Waals surface area contributed by atoms with Crippen LogP contribution in [0.15, 0.2) is 64.2 Å². The van der Waals surface area contributed by atoms with E-state index in [-0.39, 0.29) is 11.6 Å². The van der Waals surface area contributed by atoms with Crippen LogP contribution in [0.25, 0.3) is 0 Å². The van der Waals surface area contributed by atoms with Gasteiger partial charge < -0.3 is 10.2 Å². The Hall–Kier alpha value is -2.22. The summed E-state index contributed by atoms with van der Waals surface area (Å²) in [6, 6.07) is 15.6. The molecule has 0 aliphatic heterocycles. The number of aromatic nitrogens is 2. The van der Waals surface area contributed by atoms with Crippen molar-refractivity contribution in [3.05, 3.63) is 76.6 Å². The molecular formula is C17H16ClN3O3S. The van der Waals surface area contributed by atoms with Crippen molar-refractivity contribution in [2.24, 2.45) is 5.73 Å². The molecule has 0 radical (unpaired) electrons. The minimum atomic E-state index is -3.77. The molecule has 0 saturated carbocycles. The predicted molar refractivity (Wildman–Crippen MR) is 93.7 cm³/mol. The standard InChI is InChI=1S/C17H16ClN3O3S/c18-14-8-4-7-13(9-14)11-25(22,23)17-21-20-16(24-17)15(19)10-12-5-2-1-3-6-12/h1-9,15H,10-11,19H2/t15-/m1/s1. The Morgan fingerprint density at radius 2 is 1.76 bits per heavy atom. The number of halogens is 1. The lowest BCUT2D eigenvalue weighted by Gasteiger charge is -2.06. The third-order valence-corrected chi connectivity index (χ3v) is 5.20. The number of hydrogen-bond donors (Lipinski definition) is 1. The van der Waals surface area contributed by atoms with Crippen LogP contribution in [0.1, 0.15) is 23.1 Å². The molecule has 0 spiro atoms. The summed E-state index contributed by atoms with van der Waals surface area (Å²) in [4.78, 5) is 0. The third kappa shape index (κ3) is 4.45. The van der Waals surface area contributed by atoms with Crippen LogP contribution in [0.4, 0.5) is 0 Å². The Morgan fingerprint density at radius 3 is 2.48 bits per heavy atom. The van der Waals surface area contributed by atoms with E-state index in [9.17, 15) is 8.42 Å². The second-order valence-electron chi connectivity index (χ2n) is 5.59. The fourth-order valence-corrected chi connectivity index (χ4v) is 3.69. The SMILES string of the molecule is N[C@H](Cc1ccccc1)c1nnc(S(=O)(=O)Cc2cccc(Cl)c2)o1. The summed E-state index contributed by atoms with van der Waals surface area (Å²) in [5.74, 6) is -0.183. The van der Waals surface area contributed by atoms with Crippen molar-refractivity contribution in [1.82, 2.24) is 10.2 Å². The summed E-state index contributed by atoms with van der Waals surface area (Å²) in [5, 5.41) is 7.47. The number of nitrogens with two attached hydrogens (primary N) is 1. The molecule has 0 fully saturated rings. The maximum absolute atomic E-state index is 12.4. The smallest absolute Gasteiger partial charge is 0.335 e. The fraction of sp³-hybridized carbons (Fsp3) is 0.176. The van der Waals surface area contributed by atoms with Gasteiger partial charge in [0.1, 0.15) is 0 Å². The Morgan fingerprint density at radius 1 is 1.04 bits per heavy atom. The van der Waals surface area contributed by atoms with E-state index in [1.165, 1.54) is 0 Å². The molecular weight excluding hydrogens is 362 g/mol. The molecule has 2 aromatic carbocycles. The highest BCUT2D eigenvalue weighted by Crippen LogP contribution is 2.21. The fourth-order valence-electron chi connectivity index (χ4n) is 2.36. The molecule has 0 bridgehead atoms. The number of hydrogen-bond acceptors (Lipinski definition) is 6. The third-order valence-electron chi connectivity index (χ3n) is 3.55. The molecule has 0 saturated heterocycles. The molecule has 25 heavy (non-hydrogen) atoms. The van der Waals surface area contributed by atoms with Crippen molar-refractivity contribution >= 4 is 21.4 Å². The van der Waals surface area contributed by atoms with Gasteiger partial charge in [-0.1, -0.05) is 59.2 Å². The van der Waals surface area contributed by atoms with Gasteiger partial charge in [-0.25, -0.2) is 8.42 Å². The van der Waals surface area contributed by atoms with E-state index in [2.05, 4.69) is 10.2 Å². The monoisotopic (exact) mass is 377 g/mol. The minimum absolute atomic E-state index is 0.0912. The van der Waals surface area contributed by atoms with Gasteiger partial charge in [0.25, 0.3) is 0 Å². The second-order valence-corrected chi connectivity index (χ2v) is 7.90. The molecule has 130 valence electrons. The van der Waals surface area contributed by atoms with Crippen LogP contribution in [-0.4, -0.2) is 18.6 Å². The van der Waals surface area contributed by atoms with Crippen molar-refractivity contribution in [2.45, 2.75) is 23.4 Å². The zero-order chi connectivity index (χ0) is 17.9. The van der Waals surface area contributed by atoms with Gasteiger partial charge in [0.15, 0.2) is 0 Å². The summed E-state index contributed by atoms with van der Waals surface area (Å²) in [6.07, 6.45) is 0.469. The van der Waals surface area contributed by atoms with Crippen molar-refractivity contribution in [3.63, 3.8) is 0 Å². The Bertz CT molecular complexity index is 958. The number of nitrogens with zero attached hydrogens (tertiary/aromatic N) is 2. The molecule has 3 rings (SSSR count). The molecule has 1 aromatic heterocycles. The first-order chi connectivity index (χ1) is 11.9. The normalized spacial score (nSPS) is 12.9. The van der Waals surface area contributed by atoms with Gasteiger partial charge in [0.2, 0.25) is 15.7 Å². The molecule has 0 aliphatic rings. The Kier molecular flexibility index (Phi) is 5.17. The molecule has 6 nitrogen and oxygen atoms in total. The summed E-state index contributed by atoms with van der Waals surface area (Å²) in [5.41, 5.74) is 7.59. The van der Waals surface area contributed by atoms with E-state index in [0.29, 0.717) is 17.0 Å². The summed E-state index contributed by atoms with van der Waals surface area (Å²) >= 11 is 5.88. The van der Waals surface area contributed by atoms with E-state index in [1.807, 2.05) is 30.3 Å². The Labute approximate surface area is 150 Å². The van der Waals surface area contributed by atoms with Crippen LogP contribution in [-0.2, 0) is 22.0 Å². The van der Waals surface area contributed by atoms with E-state index >= 15 is 0 Å². The minimum Gasteiger partial charge on any atom is -0.411 e. The van der Waals surface area contributed by atoms with Crippen LogP contribution in [0.5, 0.6) is 0 Å². The van der Waals surface area contributed by atoms with Gasteiger partial charge in [-0.15, -0.1) is 5.10 Å². The first kappa shape index (κ1) is 17.6. The number of sulfone groups is 1. The zero-order valence-corrected chi connectivity index (χ0v) is 14.7. The van der Waals surface area contributed by atoms with Gasteiger partial charge in [-0.05, 0) is 29.7 Å². The first-order valence-electron chi connectivity index (χ1n) is 7.54. The largest absolute Gasteiger partial charge is 0.411 e. The van der Waals surface area contributed by atoms with Gasteiger partial charge in [-0.2, -0.15) is 0 Å². The highest BCUT2D eigenvalue weighted by atomic mass is 35.5. The zero-order valence-electron chi connectivity index (χ0n) is 13.2. The summed E-state index contributed by atoms with van der Waals surface area (Å²) in [7, 11) is -3.77. The van der Waals surface area contributed by atoms with E-state index in [1.54, 1.807) is 24.3 Å². The molecule has 3 aromatic rings. The molecule has 1 atom stereocenters. The van der Waals surface area contributed by atoms with Crippen molar-refractivity contribution in [3.8, 4) is 0 Å². The van der Waals surface area contributed by atoms with E-state index in [0.717, 1.165) is 5.56 Å². The van der Waals surface area contributed by atoms with Gasteiger partial charge >= 0.3 is 5.22 Å². The van der Waals surface area contributed by atoms with Crippen molar-refractivity contribution in [1.29, 1.82) is 0 Å². The van der Waals surface area contributed by atoms with Crippen LogP contribution < -0.4 is 5.73 Å². The maximum Gasteiger partial charge on any atom is 0.335 e. The second kappa shape index (κ2) is 7.35. The molecule has 0 unspecified atom stereocenters. The van der Waals surface area contributed by atoms with Crippen molar-refractivity contribution < 1.29 is 12.8 Å². The molecule has 2 N–H and O–H groups in total. The molecule has 8 heteroatoms. The average molecular weight is 378 g/mol. The van der Waals surface area contributed by atoms with Gasteiger partial charge in [-0.3, -0.25) is 0 Å². The van der Waals surface area contributed by atoms with Crippen LogP contribution in [0.3, 0.4) is 0 Å². The highest BCUT2D eigenvalue weighted by Gasteiger charge is 2.25. The summed E-state index contributed by atoms with van der Waals surface area (Å²) in [6.45, 7) is 0. The quantitative estimate of drug-likeness (QED) is 0.709. The molecule has 1 heterocycles. The van der Waals surface area contributed by atoms with Gasteiger partial charge in [0.05, 0.1) is 11.8 Å². The number of rotatable bonds is 6.